The van der Waals surface area contributed by atoms with Gasteiger partial charge >= 0.3 is 0 Å². The van der Waals surface area contributed by atoms with Crippen LogP contribution in [-0.4, -0.2) is 8.42 Å². The molecule has 8 heteroatoms. The molecule has 106 valence electrons. The van der Waals surface area contributed by atoms with Crippen molar-refractivity contribution < 1.29 is 12.8 Å². The summed E-state index contributed by atoms with van der Waals surface area (Å²) < 4.78 is 41.3. The number of halogens is 3. The molecule has 0 aliphatic heterocycles. The Kier molecular flexibility index (Phi) is 4.36. The maximum atomic E-state index is 13.7. The van der Waals surface area contributed by atoms with E-state index >= 15 is 0 Å². The summed E-state index contributed by atoms with van der Waals surface area (Å²) in [6.45, 7) is 0. The minimum Gasteiger partial charge on any atom is -0.398 e. The molecule has 0 bridgehead atoms. The van der Waals surface area contributed by atoms with E-state index in [1.165, 1.54) is 24.3 Å². The van der Waals surface area contributed by atoms with E-state index in [4.69, 9.17) is 5.73 Å². The molecule has 20 heavy (non-hydrogen) atoms. The summed E-state index contributed by atoms with van der Waals surface area (Å²) in [6, 6.07) is 8.58. The average molecular weight is 424 g/mol. The largest absolute Gasteiger partial charge is 0.398 e. The third kappa shape index (κ3) is 3.13. The topological polar surface area (TPSA) is 72.2 Å². The molecule has 0 saturated carbocycles. The standard InChI is InChI=1S/C12H9Br2FN2O2S/c13-7-4-5-10(16)11(6-7)20(18,19)17-12-8(14)2-1-3-9(12)15/h1-6,17H,16H2. The fourth-order valence-corrected chi connectivity index (χ4v) is 3.86. The Morgan fingerprint density at radius 3 is 2.50 bits per heavy atom. The van der Waals surface area contributed by atoms with Crippen molar-refractivity contribution in [3.63, 3.8) is 0 Å². The summed E-state index contributed by atoms with van der Waals surface area (Å²) in [6.07, 6.45) is 0. The van der Waals surface area contributed by atoms with Gasteiger partial charge in [0.2, 0.25) is 0 Å². The molecular weight excluding hydrogens is 415 g/mol. The van der Waals surface area contributed by atoms with Crippen LogP contribution in [0.2, 0.25) is 0 Å². The fraction of sp³-hybridized carbons (Fsp3) is 0. The van der Waals surface area contributed by atoms with Crippen LogP contribution in [0.1, 0.15) is 0 Å². The number of anilines is 2. The van der Waals surface area contributed by atoms with Crippen LogP contribution < -0.4 is 10.5 Å². The molecule has 0 radical (unpaired) electrons. The second kappa shape index (κ2) is 5.71. The predicted octanol–water partition coefficient (Wildman–Crippen LogP) is 3.73. The molecule has 4 nitrogen and oxygen atoms in total. The Labute approximate surface area is 132 Å². The summed E-state index contributed by atoms with van der Waals surface area (Å²) in [5, 5.41) is 0. The van der Waals surface area contributed by atoms with Crippen LogP contribution in [0, 0.1) is 5.82 Å². The van der Waals surface area contributed by atoms with E-state index in [2.05, 4.69) is 36.6 Å². The lowest BCUT2D eigenvalue weighted by atomic mass is 10.3. The minimum atomic E-state index is -3.99. The maximum absolute atomic E-state index is 13.7. The van der Waals surface area contributed by atoms with Crippen LogP contribution in [0.3, 0.4) is 0 Å². The minimum absolute atomic E-state index is 0.0770. The monoisotopic (exact) mass is 422 g/mol. The molecule has 0 atom stereocenters. The van der Waals surface area contributed by atoms with Gasteiger partial charge in [0.1, 0.15) is 10.7 Å². The van der Waals surface area contributed by atoms with Crippen LogP contribution in [0.5, 0.6) is 0 Å². The smallest absolute Gasteiger partial charge is 0.264 e. The molecule has 0 spiro atoms. The third-order valence-corrected chi connectivity index (χ3v) is 5.02. The molecule has 2 rings (SSSR count). The van der Waals surface area contributed by atoms with Gasteiger partial charge in [-0.25, -0.2) is 12.8 Å². The van der Waals surface area contributed by atoms with Crippen molar-refractivity contribution in [2.75, 3.05) is 10.5 Å². The Morgan fingerprint density at radius 2 is 1.85 bits per heavy atom. The fourth-order valence-electron chi connectivity index (χ4n) is 1.53. The van der Waals surface area contributed by atoms with Crippen LogP contribution in [-0.2, 0) is 10.0 Å². The number of sulfonamides is 1. The van der Waals surface area contributed by atoms with Gasteiger partial charge in [0.05, 0.1) is 11.4 Å². The summed E-state index contributed by atoms with van der Waals surface area (Å²) >= 11 is 6.27. The third-order valence-electron chi connectivity index (χ3n) is 2.46. The maximum Gasteiger partial charge on any atom is 0.264 e. The molecule has 0 unspecified atom stereocenters. The molecule has 0 fully saturated rings. The first-order chi connectivity index (χ1) is 9.31. The Bertz CT molecular complexity index is 746. The Balaban J connectivity index is 2.49. The van der Waals surface area contributed by atoms with E-state index in [0.29, 0.717) is 8.95 Å². The number of nitrogens with two attached hydrogens (primary N) is 1. The molecule has 2 aromatic rings. The van der Waals surface area contributed by atoms with Crippen molar-refractivity contribution in [3.05, 3.63) is 51.2 Å². The molecule has 2 aromatic carbocycles. The molecule has 0 heterocycles. The first-order valence-corrected chi connectivity index (χ1v) is 8.40. The summed E-state index contributed by atoms with van der Waals surface area (Å²) in [5.74, 6) is -0.684. The van der Waals surface area contributed by atoms with Crippen LogP contribution in [0.25, 0.3) is 0 Å². The number of para-hydroxylation sites is 1. The van der Waals surface area contributed by atoms with Crippen molar-refractivity contribution >= 4 is 53.3 Å². The Hall–Kier alpha value is -1.12. The molecule has 0 aromatic heterocycles. The Morgan fingerprint density at radius 1 is 1.15 bits per heavy atom. The molecule has 0 amide bonds. The molecule has 0 aliphatic carbocycles. The van der Waals surface area contributed by atoms with Crippen molar-refractivity contribution in [3.8, 4) is 0 Å². The molecule has 3 N–H and O–H groups in total. The van der Waals surface area contributed by atoms with E-state index < -0.39 is 15.8 Å². The predicted molar refractivity (Wildman–Crippen MR) is 83.5 cm³/mol. The van der Waals surface area contributed by atoms with E-state index in [-0.39, 0.29) is 16.3 Å². The number of benzene rings is 2. The normalized spacial score (nSPS) is 11.3. The van der Waals surface area contributed by atoms with Gasteiger partial charge in [-0.3, -0.25) is 4.72 Å². The zero-order valence-electron chi connectivity index (χ0n) is 9.90. The van der Waals surface area contributed by atoms with E-state index in [0.717, 1.165) is 6.07 Å². The zero-order valence-corrected chi connectivity index (χ0v) is 13.9. The lowest BCUT2D eigenvalue weighted by Gasteiger charge is -2.12. The lowest BCUT2D eigenvalue weighted by molar-refractivity contribution is 0.598. The highest BCUT2D eigenvalue weighted by molar-refractivity contribution is 9.10. The molecule has 0 aliphatic rings. The van der Waals surface area contributed by atoms with Gasteiger partial charge < -0.3 is 5.73 Å². The van der Waals surface area contributed by atoms with E-state index in [1.807, 2.05) is 0 Å². The lowest BCUT2D eigenvalue weighted by Crippen LogP contribution is -2.16. The quantitative estimate of drug-likeness (QED) is 0.738. The van der Waals surface area contributed by atoms with E-state index in [9.17, 15) is 12.8 Å². The number of rotatable bonds is 3. The van der Waals surface area contributed by atoms with Crippen molar-refractivity contribution in [2.45, 2.75) is 4.90 Å². The van der Waals surface area contributed by atoms with E-state index in [1.54, 1.807) is 6.07 Å². The SMILES string of the molecule is Nc1ccc(Br)cc1S(=O)(=O)Nc1c(F)cccc1Br. The van der Waals surface area contributed by atoms with Crippen LogP contribution in [0.4, 0.5) is 15.8 Å². The van der Waals surface area contributed by atoms with Crippen LogP contribution in [0.15, 0.2) is 50.2 Å². The summed E-state index contributed by atoms with van der Waals surface area (Å²) in [7, 11) is -3.99. The number of hydrogen-bond acceptors (Lipinski definition) is 3. The second-order valence-corrected chi connectivity index (χ2v) is 7.31. The van der Waals surface area contributed by atoms with Crippen molar-refractivity contribution in [1.82, 2.24) is 0 Å². The van der Waals surface area contributed by atoms with Crippen molar-refractivity contribution in [2.24, 2.45) is 0 Å². The van der Waals surface area contributed by atoms with Gasteiger partial charge in [0, 0.05) is 8.95 Å². The highest BCUT2D eigenvalue weighted by Crippen LogP contribution is 2.30. The van der Waals surface area contributed by atoms with Gasteiger partial charge in [-0.1, -0.05) is 22.0 Å². The van der Waals surface area contributed by atoms with Gasteiger partial charge in [-0.2, -0.15) is 0 Å². The second-order valence-electron chi connectivity index (χ2n) is 3.88. The summed E-state index contributed by atoms with van der Waals surface area (Å²) in [4.78, 5) is -0.123. The number of nitrogen functional groups attached to an aromatic ring is 1. The van der Waals surface area contributed by atoms with Crippen molar-refractivity contribution in [1.29, 1.82) is 0 Å². The molecule has 0 saturated heterocycles. The highest BCUT2D eigenvalue weighted by Gasteiger charge is 2.20. The van der Waals surface area contributed by atoms with Gasteiger partial charge in [-0.05, 0) is 46.3 Å². The number of nitrogens with one attached hydrogen (secondary N) is 1. The van der Waals surface area contributed by atoms with Gasteiger partial charge in [0.25, 0.3) is 10.0 Å². The average Bonchev–Trinajstić information content (AvgIpc) is 2.37. The highest BCUT2D eigenvalue weighted by atomic mass is 79.9. The molecular formula is C12H9Br2FN2O2S. The van der Waals surface area contributed by atoms with Gasteiger partial charge in [0.15, 0.2) is 0 Å². The van der Waals surface area contributed by atoms with Gasteiger partial charge in [-0.15, -0.1) is 0 Å². The first-order valence-electron chi connectivity index (χ1n) is 5.33. The first kappa shape index (κ1) is 15.3. The number of hydrogen-bond donors (Lipinski definition) is 2. The zero-order chi connectivity index (χ0) is 14.9. The van der Waals surface area contributed by atoms with Crippen LogP contribution >= 0.6 is 31.9 Å². The summed E-state index contributed by atoms with van der Waals surface area (Å²) in [5.41, 5.74) is 5.58.